The minimum absolute atomic E-state index is 0.0938. The first-order chi connectivity index (χ1) is 6.33. The van der Waals surface area contributed by atoms with Gasteiger partial charge >= 0.3 is 0 Å². The molecule has 0 fully saturated rings. The van der Waals surface area contributed by atoms with E-state index in [9.17, 15) is 4.79 Å². The highest BCUT2D eigenvalue weighted by Crippen LogP contribution is 2.23. The molecule has 2 nitrogen and oxygen atoms in total. The number of carbonyl (C=O) groups is 1. The van der Waals surface area contributed by atoms with Crippen LogP contribution in [0.2, 0.25) is 0 Å². The first-order valence-corrected chi connectivity index (χ1v) is 4.60. The van der Waals surface area contributed by atoms with Gasteiger partial charge in [-0.3, -0.25) is 0 Å². The Balaban J connectivity index is 2.51. The predicted octanol–water partition coefficient (Wildman–Crippen LogP) is 1.38. The van der Waals surface area contributed by atoms with Crippen LogP contribution in [0.15, 0.2) is 18.2 Å². The molecule has 1 atom stereocenters. The van der Waals surface area contributed by atoms with Crippen LogP contribution in [0.3, 0.4) is 0 Å². The number of rotatable bonds is 1. The summed E-state index contributed by atoms with van der Waals surface area (Å²) in [6, 6.07) is 6.06. The van der Waals surface area contributed by atoms with Gasteiger partial charge in [-0.1, -0.05) is 18.2 Å². The highest BCUT2D eigenvalue weighted by molar-refractivity contribution is 5.64. The molecule has 1 aliphatic rings. The summed E-state index contributed by atoms with van der Waals surface area (Å²) in [6.07, 6.45) is 2.02. The predicted molar refractivity (Wildman–Crippen MR) is 51.7 cm³/mol. The fourth-order valence-electron chi connectivity index (χ4n) is 1.94. The number of hydrogen-bond acceptors (Lipinski definition) is 2. The molecule has 0 amide bonds. The Labute approximate surface area is 78.0 Å². The minimum atomic E-state index is -0.0938. The lowest BCUT2D eigenvalue weighted by Gasteiger charge is -2.24. The summed E-state index contributed by atoms with van der Waals surface area (Å²) in [6.45, 7) is 3.01. The standard InChI is InChI=1S/C11H13NO/c1-8-3-2-4-10-9(8)5-6-12-11(10)7-13/h2-4,7,11-12H,5-6H2,1H3. The summed E-state index contributed by atoms with van der Waals surface area (Å²) in [5.74, 6) is 0. The van der Waals surface area contributed by atoms with Crippen LogP contribution in [0.5, 0.6) is 0 Å². The van der Waals surface area contributed by atoms with E-state index in [0.717, 1.165) is 24.8 Å². The van der Waals surface area contributed by atoms with Gasteiger partial charge in [0, 0.05) is 6.54 Å². The maximum atomic E-state index is 10.8. The summed E-state index contributed by atoms with van der Waals surface area (Å²) >= 11 is 0. The lowest BCUT2D eigenvalue weighted by Crippen LogP contribution is -2.31. The van der Waals surface area contributed by atoms with Gasteiger partial charge in [0.25, 0.3) is 0 Å². The number of nitrogens with one attached hydrogen (secondary N) is 1. The fourth-order valence-corrected chi connectivity index (χ4v) is 1.94. The van der Waals surface area contributed by atoms with Crippen LogP contribution >= 0.6 is 0 Å². The first-order valence-electron chi connectivity index (χ1n) is 4.60. The molecule has 13 heavy (non-hydrogen) atoms. The van der Waals surface area contributed by atoms with Gasteiger partial charge < -0.3 is 10.1 Å². The summed E-state index contributed by atoms with van der Waals surface area (Å²) in [4.78, 5) is 10.8. The lowest BCUT2D eigenvalue weighted by molar-refractivity contribution is -0.109. The van der Waals surface area contributed by atoms with Crippen molar-refractivity contribution in [3.8, 4) is 0 Å². The SMILES string of the molecule is Cc1cccc2c1CCNC2C=O. The van der Waals surface area contributed by atoms with Crippen molar-refractivity contribution < 1.29 is 4.79 Å². The summed E-state index contributed by atoms with van der Waals surface area (Å²) in [7, 11) is 0. The molecule has 1 N–H and O–H groups in total. The lowest BCUT2D eigenvalue weighted by atomic mass is 9.92. The van der Waals surface area contributed by atoms with E-state index in [4.69, 9.17) is 0 Å². The van der Waals surface area contributed by atoms with Crippen molar-refractivity contribution in [3.63, 3.8) is 0 Å². The molecule has 0 saturated heterocycles. The van der Waals surface area contributed by atoms with Gasteiger partial charge in [0.1, 0.15) is 6.29 Å². The molecule has 2 heteroatoms. The molecular weight excluding hydrogens is 162 g/mol. The smallest absolute Gasteiger partial charge is 0.141 e. The molecule has 0 radical (unpaired) electrons. The minimum Gasteiger partial charge on any atom is -0.304 e. The third kappa shape index (κ3) is 1.38. The van der Waals surface area contributed by atoms with Gasteiger partial charge in [-0.15, -0.1) is 0 Å². The van der Waals surface area contributed by atoms with E-state index in [-0.39, 0.29) is 6.04 Å². The third-order valence-electron chi connectivity index (χ3n) is 2.66. The Bertz CT molecular complexity index is 333. The van der Waals surface area contributed by atoms with Crippen LogP contribution in [0, 0.1) is 6.92 Å². The van der Waals surface area contributed by atoms with Gasteiger partial charge in [0.05, 0.1) is 6.04 Å². The average molecular weight is 175 g/mol. The van der Waals surface area contributed by atoms with Crippen LogP contribution in [0.1, 0.15) is 22.7 Å². The van der Waals surface area contributed by atoms with E-state index < -0.39 is 0 Å². The topological polar surface area (TPSA) is 29.1 Å². The van der Waals surface area contributed by atoms with Crippen molar-refractivity contribution in [2.45, 2.75) is 19.4 Å². The van der Waals surface area contributed by atoms with Crippen molar-refractivity contribution in [1.82, 2.24) is 5.32 Å². The maximum absolute atomic E-state index is 10.8. The molecule has 1 aliphatic heterocycles. The van der Waals surface area contributed by atoms with Gasteiger partial charge in [0.2, 0.25) is 0 Å². The molecule has 2 rings (SSSR count). The Morgan fingerprint density at radius 2 is 2.38 bits per heavy atom. The molecule has 1 unspecified atom stereocenters. The Kier molecular flexibility index (Phi) is 2.15. The number of aryl methyl sites for hydroxylation is 1. The summed E-state index contributed by atoms with van der Waals surface area (Å²) < 4.78 is 0. The third-order valence-corrected chi connectivity index (χ3v) is 2.66. The van der Waals surface area contributed by atoms with Crippen LogP contribution in [0.25, 0.3) is 0 Å². The number of carbonyl (C=O) groups excluding carboxylic acids is 1. The normalized spacial score (nSPS) is 20.8. The zero-order chi connectivity index (χ0) is 9.26. The quantitative estimate of drug-likeness (QED) is 0.653. The van der Waals surface area contributed by atoms with Crippen LogP contribution < -0.4 is 5.32 Å². The van der Waals surface area contributed by atoms with Crippen molar-refractivity contribution in [2.24, 2.45) is 0 Å². The monoisotopic (exact) mass is 175 g/mol. The summed E-state index contributed by atoms with van der Waals surface area (Å²) in [5, 5.41) is 3.18. The van der Waals surface area contributed by atoms with E-state index in [0.29, 0.717) is 0 Å². The average Bonchev–Trinajstić information content (AvgIpc) is 2.18. The Morgan fingerprint density at radius 3 is 3.15 bits per heavy atom. The number of benzene rings is 1. The second-order valence-corrected chi connectivity index (χ2v) is 3.46. The maximum Gasteiger partial charge on any atom is 0.141 e. The van der Waals surface area contributed by atoms with E-state index in [1.54, 1.807) is 0 Å². The van der Waals surface area contributed by atoms with Crippen molar-refractivity contribution in [3.05, 3.63) is 34.9 Å². The fraction of sp³-hybridized carbons (Fsp3) is 0.364. The van der Waals surface area contributed by atoms with Gasteiger partial charge in [0.15, 0.2) is 0 Å². The molecule has 68 valence electrons. The molecule has 0 bridgehead atoms. The van der Waals surface area contributed by atoms with Crippen LogP contribution in [0.4, 0.5) is 0 Å². The summed E-state index contributed by atoms with van der Waals surface area (Å²) in [5.41, 5.74) is 3.80. The van der Waals surface area contributed by atoms with E-state index in [1.165, 1.54) is 11.1 Å². The zero-order valence-electron chi connectivity index (χ0n) is 7.71. The van der Waals surface area contributed by atoms with Crippen molar-refractivity contribution in [1.29, 1.82) is 0 Å². The van der Waals surface area contributed by atoms with E-state index >= 15 is 0 Å². The molecule has 0 aliphatic carbocycles. The Hall–Kier alpha value is -1.15. The molecule has 0 spiro atoms. The van der Waals surface area contributed by atoms with Gasteiger partial charge in [-0.25, -0.2) is 0 Å². The number of hydrogen-bond donors (Lipinski definition) is 1. The van der Waals surface area contributed by atoms with Crippen molar-refractivity contribution >= 4 is 6.29 Å². The van der Waals surface area contributed by atoms with E-state index in [2.05, 4.69) is 18.3 Å². The highest BCUT2D eigenvalue weighted by Gasteiger charge is 2.19. The molecule has 1 aromatic rings. The molecule has 1 heterocycles. The van der Waals surface area contributed by atoms with Crippen LogP contribution in [-0.2, 0) is 11.2 Å². The second-order valence-electron chi connectivity index (χ2n) is 3.46. The van der Waals surface area contributed by atoms with E-state index in [1.807, 2.05) is 12.1 Å². The second kappa shape index (κ2) is 3.30. The molecular formula is C11H13NO. The Morgan fingerprint density at radius 1 is 1.54 bits per heavy atom. The molecule has 0 saturated carbocycles. The van der Waals surface area contributed by atoms with Gasteiger partial charge in [-0.05, 0) is 30.0 Å². The molecule has 1 aromatic carbocycles. The number of fused-ring (bicyclic) bond motifs is 1. The number of aldehydes is 1. The largest absolute Gasteiger partial charge is 0.304 e. The zero-order valence-corrected chi connectivity index (χ0v) is 7.71. The first kappa shape index (κ1) is 8.45. The highest BCUT2D eigenvalue weighted by atomic mass is 16.1. The van der Waals surface area contributed by atoms with Crippen molar-refractivity contribution in [2.75, 3.05) is 6.54 Å². The van der Waals surface area contributed by atoms with Crippen LogP contribution in [-0.4, -0.2) is 12.8 Å². The van der Waals surface area contributed by atoms with Gasteiger partial charge in [-0.2, -0.15) is 0 Å². The molecule has 0 aromatic heterocycles.